The largest absolute Gasteiger partial charge is 0.484 e. The van der Waals surface area contributed by atoms with Gasteiger partial charge in [0.05, 0.1) is 0 Å². The van der Waals surface area contributed by atoms with E-state index in [0.29, 0.717) is 11.7 Å². The number of benzene rings is 1. The number of hydrogen-bond donors (Lipinski definition) is 3. The molecule has 0 atom stereocenters. The molecule has 2 rings (SSSR count). The summed E-state index contributed by atoms with van der Waals surface area (Å²) < 4.78 is 5.40. The number of carbonyl (C=O) groups excluding carboxylic acids is 2. The van der Waals surface area contributed by atoms with Gasteiger partial charge in [-0.1, -0.05) is 19.9 Å². The zero-order chi connectivity index (χ0) is 18.4. The second kappa shape index (κ2) is 8.32. The Morgan fingerprint density at radius 1 is 1.16 bits per heavy atom. The van der Waals surface area contributed by atoms with E-state index >= 15 is 0 Å². The summed E-state index contributed by atoms with van der Waals surface area (Å²) in [6.45, 7) is 7.94. The summed E-state index contributed by atoms with van der Waals surface area (Å²) in [5, 5.41) is 6.75. The molecule has 7 heteroatoms. The van der Waals surface area contributed by atoms with Gasteiger partial charge < -0.3 is 4.74 Å². The molecule has 134 valence electrons. The van der Waals surface area contributed by atoms with E-state index < -0.39 is 11.8 Å². The zero-order valence-corrected chi connectivity index (χ0v) is 15.0. The molecule has 0 aliphatic heterocycles. The van der Waals surface area contributed by atoms with Gasteiger partial charge in [0.15, 0.2) is 12.3 Å². The second-order valence-electron chi connectivity index (χ2n) is 6.41. The summed E-state index contributed by atoms with van der Waals surface area (Å²) in [5.74, 6) is 0.129. The van der Waals surface area contributed by atoms with Crippen LogP contribution in [0.4, 0.5) is 0 Å². The summed E-state index contributed by atoms with van der Waals surface area (Å²) in [6, 6.07) is 7.26. The Hall–Kier alpha value is -2.83. The summed E-state index contributed by atoms with van der Waals surface area (Å²) >= 11 is 0. The molecule has 0 bridgehead atoms. The maximum Gasteiger partial charge on any atom is 0.290 e. The van der Waals surface area contributed by atoms with Crippen LogP contribution in [0.3, 0.4) is 0 Å². The number of aromatic amines is 1. The van der Waals surface area contributed by atoms with Crippen molar-refractivity contribution in [2.45, 2.75) is 34.1 Å². The number of rotatable bonds is 6. The lowest BCUT2D eigenvalue weighted by Gasteiger charge is -2.09. The lowest BCUT2D eigenvalue weighted by atomic mass is 10.1. The van der Waals surface area contributed by atoms with Gasteiger partial charge in [0.2, 0.25) is 0 Å². The summed E-state index contributed by atoms with van der Waals surface area (Å²) in [4.78, 5) is 23.7. The van der Waals surface area contributed by atoms with E-state index in [2.05, 4.69) is 34.9 Å². The molecule has 2 aromatic rings. The molecule has 1 aromatic heterocycles. The van der Waals surface area contributed by atoms with Gasteiger partial charge in [0.25, 0.3) is 11.8 Å². The molecule has 2 amide bonds. The second-order valence-corrected chi connectivity index (χ2v) is 6.41. The minimum absolute atomic E-state index is 0.193. The fourth-order valence-corrected chi connectivity index (χ4v) is 2.20. The van der Waals surface area contributed by atoms with Crippen molar-refractivity contribution in [3.63, 3.8) is 0 Å². The number of aromatic nitrogens is 2. The minimum atomic E-state index is -0.481. The van der Waals surface area contributed by atoms with Gasteiger partial charge in [0.1, 0.15) is 5.75 Å². The van der Waals surface area contributed by atoms with Gasteiger partial charge in [-0.25, -0.2) is 0 Å². The molecule has 0 fully saturated rings. The molecular formula is C18H24N4O3. The van der Waals surface area contributed by atoms with Crippen molar-refractivity contribution in [3.05, 3.63) is 46.8 Å². The lowest BCUT2D eigenvalue weighted by molar-refractivity contribution is -0.123. The highest BCUT2D eigenvalue weighted by Gasteiger charge is 2.12. The monoisotopic (exact) mass is 344 g/mol. The number of nitrogens with one attached hydrogen (secondary N) is 3. The van der Waals surface area contributed by atoms with Crippen LogP contribution >= 0.6 is 0 Å². The van der Waals surface area contributed by atoms with Crippen LogP contribution in [0.2, 0.25) is 0 Å². The lowest BCUT2D eigenvalue weighted by Crippen LogP contribution is -2.44. The number of aryl methyl sites for hydroxylation is 2. The van der Waals surface area contributed by atoms with Crippen molar-refractivity contribution in [2.75, 3.05) is 6.61 Å². The van der Waals surface area contributed by atoms with E-state index in [1.165, 1.54) is 0 Å². The molecule has 7 nitrogen and oxygen atoms in total. The maximum absolute atomic E-state index is 12.0. The predicted molar refractivity (Wildman–Crippen MR) is 94.1 cm³/mol. The standard InChI is InChI=1S/C18H24N4O3/c1-11(2)7-14-9-16(20-19-14)18(24)22-21-17(23)10-25-15-6-5-12(3)13(4)8-15/h5-6,8-9,11H,7,10H2,1-4H3,(H,19,20)(H,21,23)(H,22,24). The van der Waals surface area contributed by atoms with Crippen LogP contribution < -0.4 is 15.6 Å². The minimum Gasteiger partial charge on any atom is -0.484 e. The zero-order valence-electron chi connectivity index (χ0n) is 15.0. The van der Waals surface area contributed by atoms with Gasteiger partial charge in [-0.15, -0.1) is 0 Å². The average Bonchev–Trinajstić information content (AvgIpc) is 3.01. The number of H-pyrrole nitrogens is 1. The third-order valence-corrected chi connectivity index (χ3v) is 3.66. The van der Waals surface area contributed by atoms with Crippen molar-refractivity contribution in [2.24, 2.45) is 5.92 Å². The number of hydrogen-bond acceptors (Lipinski definition) is 4. The van der Waals surface area contributed by atoms with Crippen molar-refractivity contribution in [1.82, 2.24) is 21.0 Å². The third-order valence-electron chi connectivity index (χ3n) is 3.66. The Labute approximate surface area is 147 Å². The molecular weight excluding hydrogens is 320 g/mol. The van der Waals surface area contributed by atoms with E-state index in [1.807, 2.05) is 26.0 Å². The number of hydrazine groups is 1. The molecule has 3 N–H and O–H groups in total. The van der Waals surface area contributed by atoms with Gasteiger partial charge in [-0.3, -0.25) is 25.5 Å². The van der Waals surface area contributed by atoms with Gasteiger partial charge >= 0.3 is 0 Å². The van der Waals surface area contributed by atoms with E-state index in [1.54, 1.807) is 12.1 Å². The number of amides is 2. The topological polar surface area (TPSA) is 96.1 Å². The van der Waals surface area contributed by atoms with Crippen molar-refractivity contribution < 1.29 is 14.3 Å². The van der Waals surface area contributed by atoms with Crippen LogP contribution in [0.25, 0.3) is 0 Å². The predicted octanol–water partition coefficient (Wildman–Crippen LogP) is 2.07. The van der Waals surface area contributed by atoms with Crippen molar-refractivity contribution in [1.29, 1.82) is 0 Å². The summed E-state index contributed by atoms with van der Waals surface area (Å²) in [7, 11) is 0. The van der Waals surface area contributed by atoms with Crippen LogP contribution in [0.15, 0.2) is 24.3 Å². The van der Waals surface area contributed by atoms with E-state index in [0.717, 1.165) is 23.2 Å². The third kappa shape index (κ3) is 5.63. The molecule has 0 radical (unpaired) electrons. The van der Waals surface area contributed by atoms with E-state index in [9.17, 15) is 9.59 Å². The first-order chi connectivity index (χ1) is 11.8. The van der Waals surface area contributed by atoms with Crippen LogP contribution in [0, 0.1) is 19.8 Å². The highest BCUT2D eigenvalue weighted by Crippen LogP contribution is 2.16. The summed E-state index contributed by atoms with van der Waals surface area (Å²) in [6.07, 6.45) is 0.802. The van der Waals surface area contributed by atoms with Crippen molar-refractivity contribution >= 4 is 11.8 Å². The average molecular weight is 344 g/mol. The molecule has 0 unspecified atom stereocenters. The molecule has 0 aliphatic carbocycles. The van der Waals surface area contributed by atoms with Gasteiger partial charge in [-0.2, -0.15) is 5.10 Å². The molecule has 1 aromatic carbocycles. The quantitative estimate of drug-likeness (QED) is 0.699. The normalized spacial score (nSPS) is 10.6. The Morgan fingerprint density at radius 2 is 1.92 bits per heavy atom. The number of ether oxygens (including phenoxy) is 1. The Balaban J connectivity index is 1.78. The van der Waals surface area contributed by atoms with Gasteiger partial charge in [0, 0.05) is 5.69 Å². The fourth-order valence-electron chi connectivity index (χ4n) is 2.20. The highest BCUT2D eigenvalue weighted by atomic mass is 16.5. The molecule has 0 saturated carbocycles. The first-order valence-corrected chi connectivity index (χ1v) is 8.18. The Kier molecular flexibility index (Phi) is 6.16. The first kappa shape index (κ1) is 18.5. The summed E-state index contributed by atoms with van der Waals surface area (Å²) in [5.41, 5.74) is 7.98. The fraction of sp³-hybridized carbons (Fsp3) is 0.389. The number of carbonyl (C=O) groups is 2. The van der Waals surface area contributed by atoms with E-state index in [-0.39, 0.29) is 12.3 Å². The van der Waals surface area contributed by atoms with Crippen LogP contribution in [-0.2, 0) is 11.2 Å². The molecule has 0 spiro atoms. The SMILES string of the molecule is Cc1ccc(OCC(=O)NNC(=O)c2cc(CC(C)C)[nH]n2)cc1C. The first-order valence-electron chi connectivity index (χ1n) is 8.18. The van der Waals surface area contributed by atoms with E-state index in [4.69, 9.17) is 4.74 Å². The molecule has 25 heavy (non-hydrogen) atoms. The highest BCUT2D eigenvalue weighted by molar-refractivity contribution is 5.93. The maximum atomic E-state index is 12.0. The van der Waals surface area contributed by atoms with Crippen LogP contribution in [0.5, 0.6) is 5.75 Å². The smallest absolute Gasteiger partial charge is 0.290 e. The Bertz CT molecular complexity index is 753. The van der Waals surface area contributed by atoms with Gasteiger partial charge in [-0.05, 0) is 55.5 Å². The molecule has 0 aliphatic rings. The van der Waals surface area contributed by atoms with Crippen molar-refractivity contribution in [3.8, 4) is 5.75 Å². The molecule has 1 heterocycles. The Morgan fingerprint density at radius 3 is 2.60 bits per heavy atom. The van der Waals surface area contributed by atoms with Crippen LogP contribution in [0.1, 0.15) is 41.2 Å². The van der Waals surface area contributed by atoms with Crippen LogP contribution in [-0.4, -0.2) is 28.6 Å². The molecule has 0 saturated heterocycles. The number of nitrogens with zero attached hydrogens (tertiary/aromatic N) is 1.